The number of hydrogen-bond acceptors (Lipinski definition) is 2. The molecule has 2 nitrogen and oxygen atoms in total. The van der Waals surface area contributed by atoms with Gasteiger partial charge in [0.15, 0.2) is 0 Å². The van der Waals surface area contributed by atoms with Gasteiger partial charge in [-0.25, -0.2) is 0 Å². The summed E-state index contributed by atoms with van der Waals surface area (Å²) in [6.45, 7) is 6.28. The van der Waals surface area contributed by atoms with Gasteiger partial charge in [-0.3, -0.25) is 4.99 Å². The molecule has 0 aromatic heterocycles. The summed E-state index contributed by atoms with van der Waals surface area (Å²) in [5, 5.41) is 0. The van der Waals surface area contributed by atoms with Crippen LogP contribution in [0, 0.1) is 13.8 Å². The zero-order valence-electron chi connectivity index (χ0n) is 16.4. The van der Waals surface area contributed by atoms with Gasteiger partial charge in [0.25, 0.3) is 0 Å². The first-order valence-electron chi connectivity index (χ1n) is 9.11. The number of ether oxygens (including phenoxy) is 1. The maximum Gasteiger partial charge on any atom is 0.118 e. The Balaban J connectivity index is 2.06. The van der Waals surface area contributed by atoms with E-state index >= 15 is 0 Å². The molecule has 0 saturated heterocycles. The van der Waals surface area contributed by atoms with E-state index in [-0.39, 0.29) is 0 Å². The van der Waals surface area contributed by atoms with Gasteiger partial charge in [-0.2, -0.15) is 0 Å². The van der Waals surface area contributed by atoms with E-state index in [4.69, 9.17) is 9.73 Å². The molecule has 27 heavy (non-hydrogen) atoms. The van der Waals surface area contributed by atoms with Crippen LogP contribution in [-0.4, -0.2) is 12.8 Å². The van der Waals surface area contributed by atoms with Crippen LogP contribution in [0.4, 0.5) is 5.69 Å². The van der Waals surface area contributed by atoms with E-state index in [0.717, 1.165) is 33.8 Å². The number of hydrogen-bond donors (Lipinski definition) is 0. The molecule has 0 saturated carbocycles. The second-order valence-corrected chi connectivity index (χ2v) is 6.68. The fraction of sp³-hybridized carbons (Fsp3) is 0.160. The van der Waals surface area contributed by atoms with E-state index in [1.54, 1.807) is 7.11 Å². The first-order valence-corrected chi connectivity index (χ1v) is 9.11. The summed E-state index contributed by atoms with van der Waals surface area (Å²) in [6, 6.07) is 24.8. The Labute approximate surface area is 161 Å². The lowest BCUT2D eigenvalue weighted by Crippen LogP contribution is -1.97. The van der Waals surface area contributed by atoms with Crippen LogP contribution >= 0.6 is 0 Å². The van der Waals surface area contributed by atoms with Crippen LogP contribution in [0.3, 0.4) is 0 Å². The Morgan fingerprint density at radius 2 is 1.59 bits per heavy atom. The molecular formula is C25H25NO. The first kappa shape index (κ1) is 18.7. The maximum absolute atomic E-state index is 5.26. The largest absolute Gasteiger partial charge is 0.497 e. The van der Waals surface area contributed by atoms with Crippen LogP contribution < -0.4 is 4.74 Å². The lowest BCUT2D eigenvalue weighted by Gasteiger charge is -2.10. The molecule has 2 heteroatoms. The summed E-state index contributed by atoms with van der Waals surface area (Å²) in [5.41, 5.74) is 7.82. The molecule has 0 unspecified atom stereocenters. The van der Waals surface area contributed by atoms with Gasteiger partial charge in [0.2, 0.25) is 0 Å². The van der Waals surface area contributed by atoms with Crippen LogP contribution in [0.1, 0.15) is 29.2 Å². The van der Waals surface area contributed by atoms with Crippen LogP contribution in [0.15, 0.2) is 77.8 Å². The molecule has 0 amide bonds. The highest BCUT2D eigenvalue weighted by atomic mass is 16.5. The summed E-state index contributed by atoms with van der Waals surface area (Å²) in [4.78, 5) is 4.93. The van der Waals surface area contributed by atoms with Gasteiger partial charge >= 0.3 is 0 Å². The molecule has 0 N–H and O–H groups in total. The molecule has 0 radical (unpaired) electrons. The molecule has 0 aliphatic rings. The number of allylic oxidation sites excluding steroid dienone is 1. The van der Waals surface area contributed by atoms with E-state index < -0.39 is 0 Å². The highest BCUT2D eigenvalue weighted by molar-refractivity contribution is 6.27. The molecule has 0 spiro atoms. The third-order valence-corrected chi connectivity index (χ3v) is 4.54. The van der Waals surface area contributed by atoms with Crippen molar-refractivity contribution < 1.29 is 4.74 Å². The quantitative estimate of drug-likeness (QED) is 0.371. The minimum Gasteiger partial charge on any atom is -0.497 e. The second kappa shape index (κ2) is 8.50. The smallest absolute Gasteiger partial charge is 0.118 e. The molecule has 0 aliphatic heterocycles. The van der Waals surface area contributed by atoms with E-state index in [0.29, 0.717) is 0 Å². The number of rotatable bonds is 5. The number of nitrogens with zero attached hydrogens (tertiary/aromatic N) is 1. The zero-order chi connectivity index (χ0) is 19.2. The van der Waals surface area contributed by atoms with Crippen molar-refractivity contribution in [3.63, 3.8) is 0 Å². The number of aryl methyl sites for hydroxylation is 2. The van der Waals surface area contributed by atoms with Gasteiger partial charge in [0.05, 0.1) is 12.8 Å². The number of aliphatic imine (C=N–C) groups is 1. The summed E-state index contributed by atoms with van der Waals surface area (Å²) in [5.74, 6) is 0.856. The van der Waals surface area contributed by atoms with Crippen LogP contribution in [0.2, 0.25) is 0 Å². The third-order valence-electron chi connectivity index (χ3n) is 4.54. The molecule has 3 aromatic carbocycles. The fourth-order valence-electron chi connectivity index (χ4n) is 3.05. The maximum atomic E-state index is 5.26. The van der Waals surface area contributed by atoms with Gasteiger partial charge in [-0.1, -0.05) is 60.2 Å². The van der Waals surface area contributed by atoms with Crippen molar-refractivity contribution in [1.29, 1.82) is 0 Å². The highest BCUT2D eigenvalue weighted by Crippen LogP contribution is 2.26. The normalized spacial score (nSPS) is 12.1. The molecule has 0 bridgehead atoms. The second-order valence-electron chi connectivity index (χ2n) is 6.68. The van der Waals surface area contributed by atoms with E-state index in [1.807, 2.05) is 18.2 Å². The van der Waals surface area contributed by atoms with E-state index in [2.05, 4.69) is 81.4 Å². The van der Waals surface area contributed by atoms with Crippen molar-refractivity contribution in [3.8, 4) is 5.75 Å². The van der Waals surface area contributed by atoms with Gasteiger partial charge in [-0.15, -0.1) is 0 Å². The standard InChI is InChI=1S/C25H25NO/c1-18-10-15-25(19(2)16-18)26-20(3)24(22-8-6-5-7-9-22)17-21-11-13-23(27-4)14-12-21/h5-17H,1-4H3/b24-17-,26-20?. The molecule has 0 atom stereocenters. The Morgan fingerprint density at radius 1 is 0.889 bits per heavy atom. The lowest BCUT2D eigenvalue weighted by atomic mass is 9.98. The average Bonchev–Trinajstić information content (AvgIpc) is 2.69. The summed E-state index contributed by atoms with van der Waals surface area (Å²) < 4.78 is 5.26. The molecule has 0 fully saturated rings. The average molecular weight is 355 g/mol. The minimum atomic E-state index is 0.856. The summed E-state index contributed by atoms with van der Waals surface area (Å²) in [6.07, 6.45) is 2.18. The van der Waals surface area contributed by atoms with Crippen molar-refractivity contribution in [2.45, 2.75) is 20.8 Å². The van der Waals surface area contributed by atoms with Crippen molar-refractivity contribution in [2.75, 3.05) is 7.11 Å². The molecule has 136 valence electrons. The van der Waals surface area contributed by atoms with Crippen LogP contribution in [0.5, 0.6) is 5.75 Å². The molecular weight excluding hydrogens is 330 g/mol. The molecule has 3 aromatic rings. The minimum absolute atomic E-state index is 0.856. The first-order chi connectivity index (χ1) is 13.1. The lowest BCUT2D eigenvalue weighted by molar-refractivity contribution is 0.415. The Morgan fingerprint density at radius 3 is 2.22 bits per heavy atom. The number of benzene rings is 3. The SMILES string of the molecule is COc1ccc(/C=C(/C(C)=Nc2ccc(C)cc2C)c2ccccc2)cc1. The Hall–Kier alpha value is -3.13. The van der Waals surface area contributed by atoms with Crippen molar-refractivity contribution >= 4 is 23.0 Å². The van der Waals surface area contributed by atoms with Crippen molar-refractivity contribution in [2.24, 2.45) is 4.99 Å². The highest BCUT2D eigenvalue weighted by Gasteiger charge is 2.07. The summed E-state index contributed by atoms with van der Waals surface area (Å²) in [7, 11) is 1.68. The Kier molecular flexibility index (Phi) is 5.87. The zero-order valence-corrected chi connectivity index (χ0v) is 16.4. The Bertz CT molecular complexity index is 967. The van der Waals surface area contributed by atoms with Crippen LogP contribution in [-0.2, 0) is 0 Å². The predicted octanol–water partition coefficient (Wildman–Crippen LogP) is 6.65. The van der Waals surface area contributed by atoms with Crippen LogP contribution in [0.25, 0.3) is 11.6 Å². The van der Waals surface area contributed by atoms with E-state index in [9.17, 15) is 0 Å². The molecule has 3 rings (SSSR count). The van der Waals surface area contributed by atoms with Gasteiger partial charge in [0.1, 0.15) is 5.75 Å². The van der Waals surface area contributed by atoms with Gasteiger partial charge in [-0.05, 0) is 61.7 Å². The molecule has 0 heterocycles. The van der Waals surface area contributed by atoms with Gasteiger partial charge < -0.3 is 4.74 Å². The third kappa shape index (κ3) is 4.73. The van der Waals surface area contributed by atoms with Crippen molar-refractivity contribution in [3.05, 3.63) is 95.1 Å². The van der Waals surface area contributed by atoms with Gasteiger partial charge in [0, 0.05) is 11.3 Å². The number of methoxy groups -OCH3 is 1. The topological polar surface area (TPSA) is 21.6 Å². The van der Waals surface area contributed by atoms with Crippen molar-refractivity contribution in [1.82, 2.24) is 0 Å². The summed E-state index contributed by atoms with van der Waals surface area (Å²) >= 11 is 0. The predicted molar refractivity (Wildman–Crippen MR) is 116 cm³/mol. The molecule has 0 aliphatic carbocycles. The fourth-order valence-corrected chi connectivity index (χ4v) is 3.05. The van der Waals surface area contributed by atoms with E-state index in [1.165, 1.54) is 11.1 Å². The monoisotopic (exact) mass is 355 g/mol.